The normalized spacial score (nSPS) is 17.8. The summed E-state index contributed by atoms with van der Waals surface area (Å²) in [5, 5.41) is 6.21. The molecule has 176 valence electrons. The van der Waals surface area contributed by atoms with Gasteiger partial charge >= 0.3 is 0 Å². The van der Waals surface area contributed by atoms with Crippen LogP contribution in [0.4, 0.5) is 0 Å². The number of carbonyl (C=O) groups is 1. The molecule has 0 atom stereocenters. The van der Waals surface area contributed by atoms with Crippen LogP contribution in [0.25, 0.3) is 5.65 Å². The topological polar surface area (TPSA) is 95.8 Å². The molecule has 4 heterocycles. The molecule has 2 aliphatic rings. The van der Waals surface area contributed by atoms with E-state index in [0.717, 1.165) is 37.1 Å². The van der Waals surface area contributed by atoms with E-state index in [4.69, 9.17) is 0 Å². The van der Waals surface area contributed by atoms with Crippen molar-refractivity contribution >= 4 is 21.6 Å². The number of fused-ring (bicyclic) bond motifs is 1. The molecule has 1 amide bonds. The lowest BCUT2D eigenvalue weighted by molar-refractivity contribution is 0.0373. The van der Waals surface area contributed by atoms with E-state index in [0.29, 0.717) is 30.1 Å². The lowest BCUT2D eigenvalue weighted by atomic mass is 9.74. The van der Waals surface area contributed by atoms with E-state index in [1.54, 1.807) is 63.7 Å². The van der Waals surface area contributed by atoms with Gasteiger partial charge in [-0.05, 0) is 55.8 Å². The second kappa shape index (κ2) is 9.62. The number of hydrogen-bond acceptors (Lipinski definition) is 5. The second-order valence-corrected chi connectivity index (χ2v) is 10.4. The first-order valence-corrected chi connectivity index (χ1v) is 12.9. The Hall–Kier alpha value is -2.75. The van der Waals surface area contributed by atoms with E-state index < -0.39 is 10.0 Å². The summed E-state index contributed by atoms with van der Waals surface area (Å²) in [4.78, 5) is 16.9. The van der Waals surface area contributed by atoms with Crippen molar-refractivity contribution in [2.45, 2.75) is 38.1 Å². The first-order chi connectivity index (χ1) is 16.0. The Morgan fingerprint density at radius 1 is 1.09 bits per heavy atom. The van der Waals surface area contributed by atoms with Gasteiger partial charge in [-0.3, -0.25) is 4.79 Å². The predicted octanol–water partition coefficient (Wildman–Crippen LogP) is 2.66. The zero-order chi connectivity index (χ0) is 23.5. The first kappa shape index (κ1) is 23.4. The van der Waals surface area contributed by atoms with Crippen molar-refractivity contribution in [3.05, 3.63) is 66.1 Å². The number of nitrogens with zero attached hydrogens (tertiary/aromatic N) is 3. The lowest BCUT2D eigenvalue weighted by Crippen LogP contribution is -2.61. The van der Waals surface area contributed by atoms with Gasteiger partial charge in [-0.25, -0.2) is 13.4 Å². The Labute approximate surface area is 195 Å². The number of imidazole rings is 1. The minimum atomic E-state index is -3.47. The van der Waals surface area contributed by atoms with Crippen LogP contribution in [0, 0.1) is 5.41 Å². The molecule has 0 saturated carbocycles. The number of pyridine rings is 1. The lowest BCUT2D eigenvalue weighted by Gasteiger charge is -2.51. The Balaban J connectivity index is 0.00000126. The predicted molar refractivity (Wildman–Crippen MR) is 127 cm³/mol. The average molecular weight is 470 g/mol. The van der Waals surface area contributed by atoms with Crippen molar-refractivity contribution in [2.75, 3.05) is 26.2 Å². The molecular weight excluding hydrogens is 438 g/mol. The van der Waals surface area contributed by atoms with Gasteiger partial charge in [0.05, 0.1) is 10.5 Å². The highest BCUT2D eigenvalue weighted by molar-refractivity contribution is 7.89. The minimum Gasteiger partial charge on any atom is -0.348 e. The van der Waals surface area contributed by atoms with Crippen molar-refractivity contribution in [2.24, 2.45) is 5.41 Å². The van der Waals surface area contributed by atoms with Gasteiger partial charge in [0.2, 0.25) is 10.0 Å². The van der Waals surface area contributed by atoms with Gasteiger partial charge in [0.25, 0.3) is 5.91 Å². The van der Waals surface area contributed by atoms with Crippen molar-refractivity contribution in [1.82, 2.24) is 24.3 Å². The number of benzene rings is 1. The standard InChI is InChI=1S/C22H25N5O3S.C2H6/c28-21(18-3-6-20-24-11-12-26(20)14-18)25-13-17-1-4-19(5-2-17)31(29,30)27-15-22(16-27)7-9-23-10-8-22;1-2/h1-6,11-12,14,23H,7-10,13,15-16H2,(H,25,28);1-2H3. The Bertz CT molecular complexity index is 1210. The van der Waals surface area contributed by atoms with E-state index >= 15 is 0 Å². The third-order valence-electron chi connectivity index (χ3n) is 6.35. The Morgan fingerprint density at radius 2 is 1.79 bits per heavy atom. The summed E-state index contributed by atoms with van der Waals surface area (Å²) < 4.78 is 29.2. The van der Waals surface area contributed by atoms with Crippen LogP contribution in [0.2, 0.25) is 0 Å². The molecular formula is C24H31N5O3S. The van der Waals surface area contributed by atoms with Gasteiger partial charge in [-0.2, -0.15) is 4.31 Å². The van der Waals surface area contributed by atoms with Gasteiger partial charge < -0.3 is 15.0 Å². The fraction of sp³-hybridized carbons (Fsp3) is 0.417. The summed E-state index contributed by atoms with van der Waals surface area (Å²) in [6, 6.07) is 10.3. The molecule has 2 aromatic heterocycles. The molecule has 3 aromatic rings. The van der Waals surface area contributed by atoms with Crippen LogP contribution in [0.3, 0.4) is 0 Å². The quantitative estimate of drug-likeness (QED) is 0.599. The van der Waals surface area contributed by atoms with Crippen LogP contribution in [0.5, 0.6) is 0 Å². The van der Waals surface area contributed by atoms with Crippen LogP contribution in [-0.2, 0) is 16.6 Å². The number of amides is 1. The highest BCUT2D eigenvalue weighted by Gasteiger charge is 2.48. The second-order valence-electron chi connectivity index (χ2n) is 8.46. The van der Waals surface area contributed by atoms with Gasteiger partial charge in [-0.15, -0.1) is 0 Å². The fourth-order valence-corrected chi connectivity index (χ4v) is 6.08. The van der Waals surface area contributed by atoms with Gasteiger partial charge in [0.15, 0.2) is 0 Å². The fourth-order valence-electron chi connectivity index (χ4n) is 4.41. The maximum atomic E-state index is 12.9. The largest absolute Gasteiger partial charge is 0.348 e. The molecule has 1 aromatic carbocycles. The summed E-state index contributed by atoms with van der Waals surface area (Å²) in [5.41, 5.74) is 2.31. The Morgan fingerprint density at radius 3 is 2.48 bits per heavy atom. The monoisotopic (exact) mass is 469 g/mol. The van der Waals surface area contributed by atoms with Crippen molar-refractivity contribution in [3.63, 3.8) is 0 Å². The third kappa shape index (κ3) is 4.80. The number of nitrogens with one attached hydrogen (secondary N) is 2. The molecule has 2 saturated heterocycles. The molecule has 1 spiro atoms. The molecule has 8 nitrogen and oxygen atoms in total. The van der Waals surface area contributed by atoms with E-state index in [1.807, 2.05) is 13.8 Å². The zero-order valence-electron chi connectivity index (χ0n) is 19.1. The molecule has 2 N–H and O–H groups in total. The number of sulfonamides is 1. The highest BCUT2D eigenvalue weighted by atomic mass is 32.2. The molecule has 5 rings (SSSR count). The summed E-state index contributed by atoms with van der Waals surface area (Å²) in [6.45, 7) is 7.46. The zero-order valence-corrected chi connectivity index (χ0v) is 19.9. The molecule has 0 bridgehead atoms. The summed E-state index contributed by atoms with van der Waals surface area (Å²) >= 11 is 0. The summed E-state index contributed by atoms with van der Waals surface area (Å²) in [7, 11) is -3.47. The van der Waals surface area contributed by atoms with Gasteiger partial charge in [0.1, 0.15) is 5.65 Å². The maximum Gasteiger partial charge on any atom is 0.253 e. The van der Waals surface area contributed by atoms with Crippen LogP contribution in [-0.4, -0.2) is 54.2 Å². The molecule has 9 heteroatoms. The SMILES string of the molecule is CC.O=C(NCc1ccc(S(=O)(=O)N2CC3(CCNCC3)C2)cc1)c1ccc2nccn2c1. The van der Waals surface area contributed by atoms with Gasteiger partial charge in [0, 0.05) is 43.6 Å². The summed E-state index contributed by atoms with van der Waals surface area (Å²) in [6.07, 6.45) is 7.27. The van der Waals surface area contributed by atoms with E-state index in [2.05, 4.69) is 15.6 Å². The molecule has 33 heavy (non-hydrogen) atoms. The Kier molecular flexibility index (Phi) is 6.83. The van der Waals surface area contributed by atoms with Crippen LogP contribution < -0.4 is 10.6 Å². The smallest absolute Gasteiger partial charge is 0.253 e. The first-order valence-electron chi connectivity index (χ1n) is 11.5. The van der Waals surface area contributed by atoms with Crippen LogP contribution >= 0.6 is 0 Å². The van der Waals surface area contributed by atoms with Gasteiger partial charge in [-0.1, -0.05) is 26.0 Å². The van der Waals surface area contributed by atoms with E-state index in [1.165, 1.54) is 0 Å². The molecule has 2 aliphatic heterocycles. The minimum absolute atomic E-state index is 0.155. The number of piperidine rings is 1. The molecule has 2 fully saturated rings. The summed E-state index contributed by atoms with van der Waals surface area (Å²) in [5.74, 6) is -0.194. The third-order valence-corrected chi connectivity index (χ3v) is 8.16. The average Bonchev–Trinajstić information content (AvgIpc) is 3.31. The van der Waals surface area contributed by atoms with Crippen molar-refractivity contribution < 1.29 is 13.2 Å². The highest BCUT2D eigenvalue weighted by Crippen LogP contribution is 2.41. The maximum absolute atomic E-state index is 12.9. The number of aromatic nitrogens is 2. The van der Waals surface area contributed by atoms with E-state index in [9.17, 15) is 13.2 Å². The number of carbonyl (C=O) groups excluding carboxylic acids is 1. The van der Waals surface area contributed by atoms with Crippen molar-refractivity contribution in [3.8, 4) is 0 Å². The molecule has 0 radical (unpaired) electrons. The van der Waals surface area contributed by atoms with E-state index in [-0.39, 0.29) is 11.3 Å². The van der Waals surface area contributed by atoms with Crippen LogP contribution in [0.15, 0.2) is 59.9 Å². The molecule has 0 unspecified atom stereocenters. The molecule has 0 aliphatic carbocycles. The number of rotatable bonds is 5. The van der Waals surface area contributed by atoms with Crippen molar-refractivity contribution in [1.29, 1.82) is 0 Å². The number of hydrogen-bond donors (Lipinski definition) is 2. The van der Waals surface area contributed by atoms with Crippen LogP contribution in [0.1, 0.15) is 42.6 Å².